The van der Waals surface area contributed by atoms with Crippen LogP contribution >= 0.6 is 0 Å². The smallest absolute Gasteiger partial charge is 0.207 e. The summed E-state index contributed by atoms with van der Waals surface area (Å²) in [5.74, 6) is 0. The van der Waals surface area contributed by atoms with E-state index in [9.17, 15) is 8.42 Å². The lowest BCUT2D eigenvalue weighted by Crippen LogP contribution is -2.42. The number of rotatable bonds is 2. The molecule has 17 heavy (non-hydrogen) atoms. The summed E-state index contributed by atoms with van der Waals surface area (Å²) in [6.45, 7) is 6.47. The molecule has 0 amide bonds. The molecule has 93 valence electrons. The Balaban J connectivity index is 2.32. The summed E-state index contributed by atoms with van der Waals surface area (Å²) in [4.78, 5) is 0.374. The minimum atomic E-state index is -3.36. The van der Waals surface area contributed by atoms with Crippen LogP contribution < -0.4 is 0 Å². The predicted octanol–water partition coefficient (Wildman–Crippen LogP) is 2.37. The van der Waals surface area contributed by atoms with Crippen LogP contribution in [0, 0.1) is 13.8 Å². The Kier molecular flexibility index (Phi) is 3.54. The summed E-state index contributed by atoms with van der Waals surface area (Å²) in [5, 5.41) is 0. The van der Waals surface area contributed by atoms with Gasteiger partial charge in [-0.05, 0) is 38.8 Å². The van der Waals surface area contributed by atoms with Crippen LogP contribution in [0.1, 0.15) is 24.8 Å². The zero-order valence-corrected chi connectivity index (χ0v) is 10.9. The van der Waals surface area contributed by atoms with Crippen molar-refractivity contribution in [2.45, 2.75) is 37.1 Å². The molecule has 0 aliphatic carbocycles. The quantitative estimate of drug-likeness (QED) is 0.810. The number of aryl methyl sites for hydroxylation is 1. The van der Waals surface area contributed by atoms with Crippen LogP contribution in [0.15, 0.2) is 29.2 Å². The summed E-state index contributed by atoms with van der Waals surface area (Å²) in [6, 6.07) is 6.87. The van der Waals surface area contributed by atoms with Gasteiger partial charge in [0.25, 0.3) is 0 Å². The van der Waals surface area contributed by atoms with Crippen LogP contribution in [0.4, 0.5) is 0 Å². The summed E-state index contributed by atoms with van der Waals surface area (Å²) >= 11 is 0. The van der Waals surface area contributed by atoms with E-state index < -0.39 is 10.0 Å². The predicted molar refractivity (Wildman–Crippen MR) is 68.1 cm³/mol. The second-order valence-electron chi connectivity index (χ2n) is 4.58. The highest BCUT2D eigenvalue weighted by atomic mass is 32.2. The summed E-state index contributed by atoms with van der Waals surface area (Å²) in [5.41, 5.74) is 1.06. The molecule has 0 saturated carbocycles. The van der Waals surface area contributed by atoms with Gasteiger partial charge < -0.3 is 0 Å². The Bertz CT molecular complexity index is 479. The molecule has 1 aromatic carbocycles. The van der Waals surface area contributed by atoms with Gasteiger partial charge in [-0.1, -0.05) is 24.1 Å². The molecule has 2 rings (SSSR count). The summed E-state index contributed by atoms with van der Waals surface area (Å²) in [7, 11) is -3.36. The van der Waals surface area contributed by atoms with Crippen LogP contribution in [-0.4, -0.2) is 25.3 Å². The Morgan fingerprint density at radius 2 is 1.88 bits per heavy atom. The number of hydrogen-bond donors (Lipinski definition) is 0. The lowest BCUT2D eigenvalue weighted by atomic mass is 10.1. The van der Waals surface area contributed by atoms with E-state index in [-0.39, 0.29) is 6.04 Å². The van der Waals surface area contributed by atoms with Crippen LogP contribution in [0.2, 0.25) is 0 Å². The van der Waals surface area contributed by atoms with E-state index in [2.05, 4.69) is 6.92 Å². The second-order valence-corrected chi connectivity index (χ2v) is 6.47. The van der Waals surface area contributed by atoms with E-state index in [1.165, 1.54) is 4.31 Å². The maximum Gasteiger partial charge on any atom is 0.243 e. The summed E-state index contributed by atoms with van der Waals surface area (Å²) < 4.78 is 26.3. The Hall–Kier alpha value is -0.870. The van der Waals surface area contributed by atoms with Gasteiger partial charge in [-0.2, -0.15) is 4.31 Å². The third-order valence-electron chi connectivity index (χ3n) is 3.20. The van der Waals surface area contributed by atoms with Crippen LogP contribution in [0.5, 0.6) is 0 Å². The molecule has 1 atom stereocenters. The van der Waals surface area contributed by atoms with Crippen molar-refractivity contribution < 1.29 is 8.42 Å². The molecule has 1 aromatic rings. The Labute approximate surface area is 104 Å². The zero-order valence-electron chi connectivity index (χ0n) is 10.1. The molecule has 1 aliphatic rings. The van der Waals surface area contributed by atoms with Gasteiger partial charge in [-0.25, -0.2) is 8.42 Å². The molecule has 1 unspecified atom stereocenters. The first-order valence-electron chi connectivity index (χ1n) is 5.93. The van der Waals surface area contributed by atoms with Crippen molar-refractivity contribution in [2.24, 2.45) is 0 Å². The molecule has 0 N–H and O–H groups in total. The fourth-order valence-corrected chi connectivity index (χ4v) is 3.75. The van der Waals surface area contributed by atoms with Crippen molar-refractivity contribution in [1.29, 1.82) is 0 Å². The molecule has 1 aliphatic heterocycles. The van der Waals surface area contributed by atoms with E-state index >= 15 is 0 Å². The molecule has 4 heteroatoms. The second kappa shape index (κ2) is 4.78. The average Bonchev–Trinajstić information content (AvgIpc) is 2.30. The van der Waals surface area contributed by atoms with Gasteiger partial charge in [0.1, 0.15) is 0 Å². The molecule has 0 spiro atoms. The van der Waals surface area contributed by atoms with E-state index in [0.717, 1.165) is 24.8 Å². The third kappa shape index (κ3) is 2.53. The van der Waals surface area contributed by atoms with Gasteiger partial charge in [0.2, 0.25) is 10.0 Å². The zero-order chi connectivity index (χ0) is 12.5. The highest BCUT2D eigenvalue weighted by Gasteiger charge is 2.30. The average molecular weight is 252 g/mol. The normalized spacial score (nSPS) is 22.6. The fraction of sp³-hybridized carbons (Fsp3) is 0.462. The van der Waals surface area contributed by atoms with Crippen molar-refractivity contribution in [2.75, 3.05) is 6.54 Å². The van der Waals surface area contributed by atoms with Crippen LogP contribution in [0.3, 0.4) is 0 Å². The van der Waals surface area contributed by atoms with E-state index in [1.807, 2.05) is 19.1 Å². The lowest BCUT2D eigenvalue weighted by molar-refractivity contribution is 0.289. The number of sulfonamides is 1. The van der Waals surface area contributed by atoms with E-state index in [4.69, 9.17) is 0 Å². The maximum atomic E-state index is 12.4. The standard InChI is InChI=1S/C13H18NO2S/c1-11-6-8-13(9-7-11)17(15,16)14-10-4-3-5-12(14)2/h6-9,12H,2-5,10H2,1H3. The third-order valence-corrected chi connectivity index (χ3v) is 5.17. The molecule has 0 bridgehead atoms. The molecular weight excluding hydrogens is 234 g/mol. The van der Waals surface area contributed by atoms with Crippen molar-refractivity contribution >= 4 is 10.0 Å². The highest BCUT2D eigenvalue weighted by molar-refractivity contribution is 7.89. The first-order valence-corrected chi connectivity index (χ1v) is 7.37. The number of piperidine rings is 1. The Morgan fingerprint density at radius 3 is 2.47 bits per heavy atom. The molecule has 3 nitrogen and oxygen atoms in total. The highest BCUT2D eigenvalue weighted by Crippen LogP contribution is 2.24. The number of hydrogen-bond acceptors (Lipinski definition) is 2. The maximum absolute atomic E-state index is 12.4. The minimum absolute atomic E-state index is 0.130. The topological polar surface area (TPSA) is 37.4 Å². The van der Waals surface area contributed by atoms with Crippen LogP contribution in [0.25, 0.3) is 0 Å². The van der Waals surface area contributed by atoms with E-state index in [0.29, 0.717) is 11.4 Å². The SMILES string of the molecule is [CH2]C1CCCCN1S(=O)(=O)c1ccc(C)cc1. The van der Waals surface area contributed by atoms with Crippen molar-refractivity contribution in [3.63, 3.8) is 0 Å². The number of benzene rings is 1. The number of nitrogens with zero attached hydrogens (tertiary/aromatic N) is 1. The largest absolute Gasteiger partial charge is 0.243 e. The first-order chi connectivity index (χ1) is 8.01. The molecule has 1 saturated heterocycles. The Morgan fingerprint density at radius 1 is 1.24 bits per heavy atom. The molecule has 1 radical (unpaired) electrons. The van der Waals surface area contributed by atoms with Gasteiger partial charge in [-0.3, -0.25) is 0 Å². The molecule has 1 heterocycles. The monoisotopic (exact) mass is 252 g/mol. The van der Waals surface area contributed by atoms with Gasteiger partial charge in [-0.15, -0.1) is 0 Å². The first kappa shape index (κ1) is 12.6. The van der Waals surface area contributed by atoms with Crippen molar-refractivity contribution in [1.82, 2.24) is 4.31 Å². The van der Waals surface area contributed by atoms with Gasteiger partial charge in [0.15, 0.2) is 0 Å². The summed E-state index contributed by atoms with van der Waals surface area (Å²) in [6.07, 6.45) is 2.84. The lowest BCUT2D eigenvalue weighted by Gasteiger charge is -2.32. The van der Waals surface area contributed by atoms with Crippen LogP contribution in [-0.2, 0) is 10.0 Å². The van der Waals surface area contributed by atoms with E-state index in [1.54, 1.807) is 12.1 Å². The van der Waals surface area contributed by atoms with Crippen molar-refractivity contribution in [3.8, 4) is 0 Å². The molecular formula is C13H18NO2S. The van der Waals surface area contributed by atoms with Gasteiger partial charge in [0, 0.05) is 12.6 Å². The van der Waals surface area contributed by atoms with Gasteiger partial charge >= 0.3 is 0 Å². The minimum Gasteiger partial charge on any atom is -0.207 e. The molecule has 1 fully saturated rings. The van der Waals surface area contributed by atoms with Crippen molar-refractivity contribution in [3.05, 3.63) is 36.8 Å². The fourth-order valence-electron chi connectivity index (χ4n) is 2.14. The molecule has 0 aromatic heterocycles. The van der Waals surface area contributed by atoms with Gasteiger partial charge in [0.05, 0.1) is 4.90 Å².